The zero-order chi connectivity index (χ0) is 18.0. The molecule has 0 saturated carbocycles. The normalized spacial score (nSPS) is 17.1. The number of likely N-dealkylation sites (tertiary alicyclic amines) is 1. The van der Waals surface area contributed by atoms with Crippen molar-refractivity contribution in [2.75, 3.05) is 6.54 Å². The van der Waals surface area contributed by atoms with Crippen LogP contribution in [0.1, 0.15) is 32.2 Å². The molecule has 1 aliphatic rings. The molecule has 1 saturated heterocycles. The van der Waals surface area contributed by atoms with E-state index in [1.54, 1.807) is 0 Å². The number of Topliss-reactive ketones (excluding diaryl/α,β-unsaturated/α-hetero) is 1. The first-order valence-electron chi connectivity index (χ1n) is 8.24. The number of ketones is 1. The van der Waals surface area contributed by atoms with Crippen LogP contribution in [0.25, 0.3) is 11.4 Å². The summed E-state index contributed by atoms with van der Waals surface area (Å²) in [6.07, 6.45) is 0.427. The highest BCUT2D eigenvalue weighted by atomic mass is 32.1. The van der Waals surface area contributed by atoms with Crippen molar-refractivity contribution >= 4 is 23.4 Å². The van der Waals surface area contributed by atoms with Gasteiger partial charge in [-0.2, -0.15) is 4.37 Å². The Kier molecular flexibility index (Phi) is 4.85. The second kappa shape index (κ2) is 6.92. The molecule has 1 aromatic heterocycles. The smallest absolute Gasteiger partial charge is 0.410 e. The van der Waals surface area contributed by atoms with Gasteiger partial charge in [0.1, 0.15) is 10.6 Å². The molecule has 0 unspecified atom stereocenters. The van der Waals surface area contributed by atoms with Crippen LogP contribution in [-0.2, 0) is 16.0 Å². The van der Waals surface area contributed by atoms with Gasteiger partial charge in [-0.05, 0) is 38.7 Å². The SMILES string of the molecule is CC(C)(C)OC(=O)N1CC[C@H]1C(=O)Cc1nc(-c2ccccc2)ns1. The molecule has 0 bridgehead atoms. The predicted molar refractivity (Wildman–Crippen MR) is 95.4 cm³/mol. The molecule has 2 heterocycles. The lowest BCUT2D eigenvalue weighted by atomic mass is 9.97. The molecule has 7 heteroatoms. The molecule has 132 valence electrons. The lowest BCUT2D eigenvalue weighted by Gasteiger charge is -2.40. The highest BCUT2D eigenvalue weighted by Crippen LogP contribution is 2.24. The maximum atomic E-state index is 12.5. The molecule has 0 radical (unpaired) electrons. The van der Waals surface area contributed by atoms with Crippen LogP contribution in [0.3, 0.4) is 0 Å². The number of ether oxygens (including phenoxy) is 1. The average Bonchev–Trinajstić information content (AvgIpc) is 2.93. The maximum absolute atomic E-state index is 12.5. The highest BCUT2D eigenvalue weighted by molar-refractivity contribution is 7.05. The monoisotopic (exact) mass is 359 g/mol. The number of hydrogen-bond acceptors (Lipinski definition) is 6. The molecule has 1 atom stereocenters. The van der Waals surface area contributed by atoms with Crippen LogP contribution < -0.4 is 0 Å². The van der Waals surface area contributed by atoms with Gasteiger partial charge >= 0.3 is 6.09 Å². The van der Waals surface area contributed by atoms with Crippen molar-refractivity contribution in [2.45, 2.75) is 45.3 Å². The molecule has 1 aromatic carbocycles. The van der Waals surface area contributed by atoms with Crippen molar-refractivity contribution in [3.05, 3.63) is 35.3 Å². The van der Waals surface area contributed by atoms with Crippen LogP contribution >= 0.6 is 11.5 Å². The van der Waals surface area contributed by atoms with Gasteiger partial charge in [-0.3, -0.25) is 9.69 Å². The Balaban J connectivity index is 1.61. The van der Waals surface area contributed by atoms with E-state index in [-0.39, 0.29) is 12.2 Å². The van der Waals surface area contributed by atoms with Gasteiger partial charge in [0.05, 0.1) is 12.5 Å². The number of carbonyl (C=O) groups is 2. The predicted octanol–water partition coefficient (Wildman–Crippen LogP) is 3.33. The van der Waals surface area contributed by atoms with Crippen LogP contribution in [0.2, 0.25) is 0 Å². The van der Waals surface area contributed by atoms with Crippen molar-refractivity contribution in [2.24, 2.45) is 0 Å². The second-order valence-electron chi connectivity index (χ2n) is 7.00. The number of hydrogen-bond donors (Lipinski definition) is 0. The molecule has 1 amide bonds. The van der Waals surface area contributed by atoms with Crippen molar-refractivity contribution < 1.29 is 14.3 Å². The zero-order valence-electron chi connectivity index (χ0n) is 14.6. The van der Waals surface area contributed by atoms with E-state index in [9.17, 15) is 9.59 Å². The van der Waals surface area contributed by atoms with E-state index in [2.05, 4.69) is 9.36 Å². The van der Waals surface area contributed by atoms with E-state index in [0.717, 1.165) is 5.56 Å². The van der Waals surface area contributed by atoms with Crippen LogP contribution in [0, 0.1) is 0 Å². The summed E-state index contributed by atoms with van der Waals surface area (Å²) >= 11 is 1.23. The minimum Gasteiger partial charge on any atom is -0.444 e. The number of carbonyl (C=O) groups excluding carboxylic acids is 2. The molecule has 6 nitrogen and oxygen atoms in total. The Morgan fingerprint density at radius 1 is 1.28 bits per heavy atom. The molecule has 3 rings (SSSR count). The Morgan fingerprint density at radius 3 is 2.60 bits per heavy atom. The third kappa shape index (κ3) is 4.22. The molecule has 0 aliphatic carbocycles. The molecule has 2 aromatic rings. The summed E-state index contributed by atoms with van der Waals surface area (Å²) in [6, 6.07) is 9.23. The summed E-state index contributed by atoms with van der Waals surface area (Å²) in [7, 11) is 0. The van der Waals surface area contributed by atoms with Crippen molar-refractivity contribution in [3.8, 4) is 11.4 Å². The third-order valence-corrected chi connectivity index (χ3v) is 4.56. The summed E-state index contributed by atoms with van der Waals surface area (Å²) in [5.74, 6) is 0.610. The molecule has 1 fully saturated rings. The quantitative estimate of drug-likeness (QED) is 0.837. The summed E-state index contributed by atoms with van der Waals surface area (Å²) in [5.41, 5.74) is 0.362. The van der Waals surface area contributed by atoms with Gasteiger partial charge < -0.3 is 4.74 Å². The Bertz CT molecular complexity index is 767. The largest absolute Gasteiger partial charge is 0.444 e. The van der Waals surface area contributed by atoms with Crippen LogP contribution in [0.5, 0.6) is 0 Å². The van der Waals surface area contributed by atoms with E-state index in [1.807, 2.05) is 51.1 Å². The van der Waals surface area contributed by atoms with E-state index >= 15 is 0 Å². The zero-order valence-corrected chi connectivity index (χ0v) is 15.4. The lowest BCUT2D eigenvalue weighted by Crippen LogP contribution is -2.56. The maximum Gasteiger partial charge on any atom is 0.410 e. The molecule has 0 N–H and O–H groups in total. The molecular weight excluding hydrogens is 338 g/mol. The molecule has 1 aliphatic heterocycles. The number of amides is 1. The van der Waals surface area contributed by atoms with Crippen LogP contribution in [-0.4, -0.2) is 44.3 Å². The summed E-state index contributed by atoms with van der Waals surface area (Å²) in [5, 5.41) is 0.667. The van der Waals surface area contributed by atoms with Crippen molar-refractivity contribution in [1.82, 2.24) is 14.3 Å². The van der Waals surface area contributed by atoms with E-state index in [0.29, 0.717) is 23.8 Å². The first-order chi connectivity index (χ1) is 11.8. The average molecular weight is 359 g/mol. The fourth-order valence-electron chi connectivity index (χ4n) is 2.56. The van der Waals surface area contributed by atoms with E-state index in [4.69, 9.17) is 4.74 Å². The molecule has 25 heavy (non-hydrogen) atoms. The summed E-state index contributed by atoms with van der Waals surface area (Å²) in [6.45, 7) is 5.99. The first kappa shape index (κ1) is 17.5. The van der Waals surface area contributed by atoms with Gasteiger partial charge in [-0.1, -0.05) is 30.3 Å². The fraction of sp³-hybridized carbons (Fsp3) is 0.444. The highest BCUT2D eigenvalue weighted by Gasteiger charge is 2.39. The van der Waals surface area contributed by atoms with Crippen molar-refractivity contribution in [1.29, 1.82) is 0 Å². The van der Waals surface area contributed by atoms with Gasteiger partial charge in [0.2, 0.25) is 0 Å². The number of benzene rings is 1. The molecular formula is C18H21N3O3S. The second-order valence-corrected chi connectivity index (χ2v) is 7.84. The fourth-order valence-corrected chi connectivity index (χ4v) is 3.23. The first-order valence-corrected chi connectivity index (χ1v) is 9.01. The van der Waals surface area contributed by atoms with E-state index < -0.39 is 17.7 Å². The van der Waals surface area contributed by atoms with Gasteiger partial charge in [0, 0.05) is 12.1 Å². The number of nitrogens with zero attached hydrogens (tertiary/aromatic N) is 3. The van der Waals surface area contributed by atoms with Gasteiger partial charge in [0.15, 0.2) is 11.6 Å². The van der Waals surface area contributed by atoms with Crippen LogP contribution in [0.4, 0.5) is 4.79 Å². The van der Waals surface area contributed by atoms with E-state index in [1.165, 1.54) is 16.4 Å². The Hall–Kier alpha value is -2.28. The summed E-state index contributed by atoms with van der Waals surface area (Å²) in [4.78, 5) is 30.6. The van der Waals surface area contributed by atoms with Gasteiger partial charge in [0.25, 0.3) is 0 Å². The van der Waals surface area contributed by atoms with Gasteiger partial charge in [-0.15, -0.1) is 0 Å². The standard InChI is InChI=1S/C18H21N3O3S/c1-18(2,3)24-17(23)21-10-9-13(21)14(22)11-15-19-16(20-25-15)12-7-5-4-6-8-12/h4-8,13H,9-11H2,1-3H3/t13-/m0/s1. The summed E-state index contributed by atoms with van der Waals surface area (Å²) < 4.78 is 9.66. The van der Waals surface area contributed by atoms with Gasteiger partial charge in [-0.25, -0.2) is 9.78 Å². The molecule has 0 spiro atoms. The number of rotatable bonds is 4. The topological polar surface area (TPSA) is 72.4 Å². The van der Waals surface area contributed by atoms with Crippen molar-refractivity contribution in [3.63, 3.8) is 0 Å². The minimum absolute atomic E-state index is 0.0205. The van der Waals surface area contributed by atoms with Crippen LogP contribution in [0.15, 0.2) is 30.3 Å². The lowest BCUT2D eigenvalue weighted by molar-refractivity contribution is -0.127. The Morgan fingerprint density at radius 2 is 2.00 bits per heavy atom. The third-order valence-electron chi connectivity index (χ3n) is 3.84. The number of aromatic nitrogens is 2. The Labute approximate surface area is 151 Å². The minimum atomic E-state index is -0.565.